The van der Waals surface area contributed by atoms with Gasteiger partial charge in [0.25, 0.3) is 0 Å². The van der Waals surface area contributed by atoms with Gasteiger partial charge in [0.05, 0.1) is 31.2 Å². The van der Waals surface area contributed by atoms with E-state index in [1.165, 1.54) is 19.1 Å². The van der Waals surface area contributed by atoms with Gasteiger partial charge < -0.3 is 19.3 Å². The highest BCUT2D eigenvalue weighted by Gasteiger charge is 2.43. The topological polar surface area (TPSA) is 85.3 Å². The van der Waals surface area contributed by atoms with Crippen LogP contribution in [0.15, 0.2) is 47.7 Å². The number of esters is 1. The standard InChI is InChI=1S/C21H18ClNO6/c1-27-16-6-11(7-17(28-2)20(16)25)14-9-18(24)23(13-5-3-4-12(22)8-13)15-10-29-21(26)19(14)15/h3-8,14,25H,9-10H2,1-2H3. The quantitative estimate of drug-likeness (QED) is 0.770. The van der Waals surface area contributed by atoms with Crippen molar-refractivity contribution < 1.29 is 28.9 Å². The zero-order valence-corrected chi connectivity index (χ0v) is 16.5. The van der Waals surface area contributed by atoms with Crippen LogP contribution in [0.2, 0.25) is 5.02 Å². The molecule has 4 rings (SSSR count). The van der Waals surface area contributed by atoms with Gasteiger partial charge >= 0.3 is 5.97 Å². The van der Waals surface area contributed by atoms with Crippen molar-refractivity contribution in [2.75, 3.05) is 25.7 Å². The second-order valence-electron chi connectivity index (χ2n) is 6.68. The summed E-state index contributed by atoms with van der Waals surface area (Å²) < 4.78 is 15.7. The molecule has 2 aromatic rings. The average molecular weight is 416 g/mol. The first kappa shape index (κ1) is 19.1. The molecule has 2 heterocycles. The molecule has 2 aliphatic rings. The van der Waals surface area contributed by atoms with E-state index in [1.807, 2.05) is 0 Å². The van der Waals surface area contributed by atoms with Crippen molar-refractivity contribution >= 4 is 29.2 Å². The summed E-state index contributed by atoms with van der Waals surface area (Å²) in [5, 5.41) is 10.7. The molecule has 2 aliphatic heterocycles. The molecule has 0 radical (unpaired) electrons. The summed E-state index contributed by atoms with van der Waals surface area (Å²) >= 11 is 6.09. The Morgan fingerprint density at radius 3 is 2.45 bits per heavy atom. The third-order valence-electron chi connectivity index (χ3n) is 5.09. The Hall–Kier alpha value is -3.19. The number of aromatic hydroxyl groups is 1. The fourth-order valence-corrected chi connectivity index (χ4v) is 3.95. The zero-order valence-electron chi connectivity index (χ0n) is 15.8. The molecule has 0 aromatic heterocycles. The second kappa shape index (κ2) is 7.33. The van der Waals surface area contributed by atoms with Crippen molar-refractivity contribution in [3.63, 3.8) is 0 Å². The molecule has 0 saturated carbocycles. The van der Waals surface area contributed by atoms with Crippen LogP contribution in [0.5, 0.6) is 17.2 Å². The number of benzene rings is 2. The molecule has 1 amide bonds. The second-order valence-corrected chi connectivity index (χ2v) is 7.11. The summed E-state index contributed by atoms with van der Waals surface area (Å²) in [6.45, 7) is -0.00469. The van der Waals surface area contributed by atoms with Gasteiger partial charge in [0.15, 0.2) is 11.5 Å². The summed E-state index contributed by atoms with van der Waals surface area (Å²) in [4.78, 5) is 27.1. The number of phenolic OH excluding ortho intramolecular Hbond substituents is 1. The number of halogens is 1. The van der Waals surface area contributed by atoms with Crippen LogP contribution in [0.1, 0.15) is 17.9 Å². The van der Waals surface area contributed by atoms with Crippen molar-refractivity contribution in [2.45, 2.75) is 12.3 Å². The molecule has 1 N–H and O–H groups in total. The number of carbonyl (C=O) groups excluding carboxylic acids is 2. The molecular formula is C21H18ClNO6. The smallest absolute Gasteiger partial charge is 0.336 e. The lowest BCUT2D eigenvalue weighted by Gasteiger charge is -2.32. The van der Waals surface area contributed by atoms with Gasteiger partial charge in [0.1, 0.15) is 6.61 Å². The molecule has 150 valence electrons. The van der Waals surface area contributed by atoms with Crippen LogP contribution in [-0.4, -0.2) is 37.8 Å². The summed E-state index contributed by atoms with van der Waals surface area (Å²) in [5.74, 6) is -0.984. The fraction of sp³-hybridized carbons (Fsp3) is 0.238. The molecule has 29 heavy (non-hydrogen) atoms. The average Bonchev–Trinajstić information content (AvgIpc) is 3.09. The van der Waals surface area contributed by atoms with Crippen LogP contribution in [0, 0.1) is 0 Å². The van der Waals surface area contributed by atoms with Gasteiger partial charge in [-0.2, -0.15) is 0 Å². The molecule has 0 saturated heterocycles. The van der Waals surface area contributed by atoms with E-state index in [4.69, 9.17) is 25.8 Å². The number of ether oxygens (including phenoxy) is 3. The number of rotatable bonds is 4. The van der Waals surface area contributed by atoms with E-state index < -0.39 is 11.9 Å². The molecule has 7 nitrogen and oxygen atoms in total. The minimum Gasteiger partial charge on any atom is -0.502 e. The highest BCUT2D eigenvalue weighted by atomic mass is 35.5. The third-order valence-corrected chi connectivity index (χ3v) is 5.32. The molecule has 0 spiro atoms. The molecular weight excluding hydrogens is 398 g/mol. The van der Waals surface area contributed by atoms with Gasteiger partial charge in [0.2, 0.25) is 11.7 Å². The molecule has 1 unspecified atom stereocenters. The van der Waals surface area contributed by atoms with E-state index in [0.29, 0.717) is 27.5 Å². The first-order valence-corrected chi connectivity index (χ1v) is 9.26. The van der Waals surface area contributed by atoms with Crippen molar-refractivity contribution in [1.29, 1.82) is 0 Å². The first-order chi connectivity index (χ1) is 13.9. The predicted octanol–water partition coefficient (Wildman–Crippen LogP) is 3.39. The number of methoxy groups -OCH3 is 2. The zero-order chi connectivity index (χ0) is 20.7. The van der Waals surface area contributed by atoms with Crippen LogP contribution in [0.3, 0.4) is 0 Å². The van der Waals surface area contributed by atoms with E-state index >= 15 is 0 Å². The van der Waals surface area contributed by atoms with Gasteiger partial charge in [0, 0.05) is 17.4 Å². The Bertz CT molecular complexity index is 1020. The number of cyclic esters (lactones) is 1. The Balaban J connectivity index is 1.85. The summed E-state index contributed by atoms with van der Waals surface area (Å²) in [5.41, 5.74) is 2.08. The number of hydrogen-bond donors (Lipinski definition) is 1. The molecule has 8 heteroatoms. The molecule has 1 atom stereocenters. The number of carbonyl (C=O) groups is 2. The number of amides is 1. The summed E-state index contributed by atoms with van der Waals surface area (Å²) in [6.07, 6.45) is 0.0392. The van der Waals surface area contributed by atoms with E-state index in [9.17, 15) is 14.7 Å². The largest absolute Gasteiger partial charge is 0.502 e. The number of hydrogen-bond acceptors (Lipinski definition) is 6. The molecule has 0 bridgehead atoms. The fourth-order valence-electron chi connectivity index (χ4n) is 3.77. The highest BCUT2D eigenvalue weighted by molar-refractivity contribution is 6.31. The van der Waals surface area contributed by atoms with Crippen LogP contribution in [0.25, 0.3) is 0 Å². The minimum atomic E-state index is -0.550. The Kier molecular flexibility index (Phi) is 4.84. The van der Waals surface area contributed by atoms with Crippen LogP contribution in [-0.2, 0) is 14.3 Å². The van der Waals surface area contributed by atoms with Crippen molar-refractivity contribution in [2.24, 2.45) is 0 Å². The van der Waals surface area contributed by atoms with Gasteiger partial charge in [-0.05, 0) is 35.9 Å². The Morgan fingerprint density at radius 2 is 1.83 bits per heavy atom. The van der Waals surface area contributed by atoms with Gasteiger partial charge in [-0.1, -0.05) is 17.7 Å². The Labute approximate surface area is 172 Å². The summed E-state index contributed by atoms with van der Waals surface area (Å²) in [7, 11) is 2.83. The van der Waals surface area contributed by atoms with Gasteiger partial charge in [-0.25, -0.2) is 4.79 Å². The lowest BCUT2D eigenvalue weighted by molar-refractivity contribution is -0.136. The summed E-state index contributed by atoms with van der Waals surface area (Å²) in [6, 6.07) is 10.1. The van der Waals surface area contributed by atoms with Crippen molar-refractivity contribution in [3.05, 3.63) is 58.3 Å². The number of anilines is 1. The van der Waals surface area contributed by atoms with Crippen LogP contribution in [0.4, 0.5) is 5.69 Å². The van der Waals surface area contributed by atoms with Gasteiger partial charge in [-0.3, -0.25) is 9.69 Å². The maximum atomic E-state index is 13.1. The van der Waals surface area contributed by atoms with Gasteiger partial charge in [-0.15, -0.1) is 0 Å². The predicted molar refractivity (Wildman–Crippen MR) is 105 cm³/mol. The van der Waals surface area contributed by atoms with Crippen LogP contribution < -0.4 is 14.4 Å². The van der Waals surface area contributed by atoms with E-state index in [-0.39, 0.29) is 36.2 Å². The lowest BCUT2D eigenvalue weighted by atomic mass is 9.83. The van der Waals surface area contributed by atoms with E-state index in [0.717, 1.165) is 0 Å². The molecule has 2 aromatic carbocycles. The first-order valence-electron chi connectivity index (χ1n) is 8.88. The van der Waals surface area contributed by atoms with Crippen LogP contribution >= 0.6 is 11.6 Å². The third kappa shape index (κ3) is 3.17. The molecule has 0 aliphatic carbocycles. The normalized spacial score (nSPS) is 18.6. The highest BCUT2D eigenvalue weighted by Crippen LogP contribution is 2.46. The maximum Gasteiger partial charge on any atom is 0.336 e. The van der Waals surface area contributed by atoms with E-state index in [1.54, 1.807) is 36.4 Å². The Morgan fingerprint density at radius 1 is 1.14 bits per heavy atom. The number of phenols is 1. The minimum absolute atomic E-state index is 0.00469. The number of nitrogens with zero attached hydrogens (tertiary/aromatic N) is 1. The van der Waals surface area contributed by atoms with Crippen molar-refractivity contribution in [3.8, 4) is 17.2 Å². The van der Waals surface area contributed by atoms with Crippen molar-refractivity contribution in [1.82, 2.24) is 0 Å². The van der Waals surface area contributed by atoms with E-state index in [2.05, 4.69) is 0 Å². The lowest BCUT2D eigenvalue weighted by Crippen LogP contribution is -2.37. The SMILES string of the molecule is COc1cc(C2CC(=O)N(c3cccc(Cl)c3)C3=C2C(=O)OC3)cc(OC)c1O. The monoisotopic (exact) mass is 415 g/mol. The molecule has 0 fully saturated rings. The maximum absolute atomic E-state index is 13.1.